The summed E-state index contributed by atoms with van der Waals surface area (Å²) in [5.41, 5.74) is 5.34. The van der Waals surface area contributed by atoms with Gasteiger partial charge in [-0.05, 0) is 51.4 Å². The van der Waals surface area contributed by atoms with E-state index in [4.69, 9.17) is 14.8 Å². The largest absolute Gasteiger partial charge is 0.472 e. The minimum Gasteiger partial charge on any atom is -0.391 e. The molecule has 5 N–H and O–H groups in total. The van der Waals surface area contributed by atoms with Crippen LogP contribution in [0.3, 0.4) is 0 Å². The summed E-state index contributed by atoms with van der Waals surface area (Å²) in [4.78, 5) is 22.5. The molecule has 0 fully saturated rings. The van der Waals surface area contributed by atoms with Crippen LogP contribution >= 0.6 is 7.82 Å². The molecule has 0 heterocycles. The number of rotatable bonds is 33. The highest BCUT2D eigenvalue weighted by Crippen LogP contribution is 2.43. The molecule has 0 aromatic carbocycles. The molecule has 9 heteroatoms. The molecule has 8 nitrogen and oxygen atoms in total. The Balaban J connectivity index is 4.21. The summed E-state index contributed by atoms with van der Waals surface area (Å²) in [7, 11) is -4.31. The molecule has 268 valence electrons. The number of hydrogen-bond acceptors (Lipinski definition) is 6. The van der Waals surface area contributed by atoms with E-state index in [1.54, 1.807) is 0 Å². The molecule has 0 rings (SSSR count). The highest BCUT2D eigenvalue weighted by molar-refractivity contribution is 7.47. The minimum absolute atomic E-state index is 0.0838. The lowest BCUT2D eigenvalue weighted by Crippen LogP contribution is -2.46. The summed E-state index contributed by atoms with van der Waals surface area (Å²) in [6, 6.07) is -0.780. The summed E-state index contributed by atoms with van der Waals surface area (Å²) >= 11 is 0. The number of hydrogen-bond donors (Lipinski definition) is 4. The van der Waals surface area contributed by atoms with Crippen molar-refractivity contribution in [3.05, 3.63) is 48.6 Å². The number of aliphatic hydroxyl groups is 1. The third-order valence-corrected chi connectivity index (χ3v) is 8.68. The first-order chi connectivity index (χ1) is 22.4. The summed E-state index contributed by atoms with van der Waals surface area (Å²) in [5, 5.41) is 13.6. The topological polar surface area (TPSA) is 131 Å². The van der Waals surface area contributed by atoms with E-state index in [1.165, 1.54) is 44.9 Å². The highest BCUT2D eigenvalue weighted by Gasteiger charge is 2.27. The number of phosphoric acid groups is 1. The van der Waals surface area contributed by atoms with E-state index in [-0.39, 0.29) is 25.7 Å². The first-order valence-electron chi connectivity index (χ1n) is 18.3. The van der Waals surface area contributed by atoms with Crippen molar-refractivity contribution >= 4 is 13.7 Å². The number of nitrogens with two attached hydrogens (primary N) is 1. The number of unbranched alkanes of at least 4 members (excludes halogenated alkanes) is 13. The molecule has 0 aliphatic carbocycles. The summed E-state index contributed by atoms with van der Waals surface area (Å²) in [6.45, 7) is 4.02. The van der Waals surface area contributed by atoms with Gasteiger partial charge >= 0.3 is 7.82 Å². The number of phosphoric ester groups is 1. The Morgan fingerprint density at radius 1 is 0.739 bits per heavy atom. The second-order valence-electron chi connectivity index (χ2n) is 12.1. The minimum atomic E-state index is -4.31. The van der Waals surface area contributed by atoms with Crippen LogP contribution in [0.5, 0.6) is 0 Å². The van der Waals surface area contributed by atoms with Gasteiger partial charge in [0.1, 0.15) is 0 Å². The van der Waals surface area contributed by atoms with Crippen molar-refractivity contribution < 1.29 is 28.4 Å². The monoisotopic (exact) mass is 668 g/mol. The van der Waals surface area contributed by atoms with Gasteiger partial charge in [0.25, 0.3) is 0 Å². The molecular weight excluding hydrogens is 599 g/mol. The second kappa shape index (κ2) is 33.4. The van der Waals surface area contributed by atoms with E-state index in [1.807, 2.05) is 0 Å². The molecule has 3 unspecified atom stereocenters. The summed E-state index contributed by atoms with van der Waals surface area (Å²) < 4.78 is 22.0. The SMILES string of the molecule is CC/C=C\C/C=C\C/C=C\C/C=C\CCCCCCCCC(=O)NC(COP(=O)(O)OCCN)C(O)CCCCCCCCCC. The van der Waals surface area contributed by atoms with Crippen LogP contribution in [-0.4, -0.2) is 47.8 Å². The zero-order valence-corrected chi connectivity index (χ0v) is 30.2. The van der Waals surface area contributed by atoms with Crippen LogP contribution in [0.4, 0.5) is 0 Å². The number of allylic oxidation sites excluding steroid dienone is 8. The maximum absolute atomic E-state index is 12.7. The molecule has 3 atom stereocenters. The lowest BCUT2D eigenvalue weighted by atomic mass is 10.0. The second-order valence-corrected chi connectivity index (χ2v) is 13.5. The fourth-order valence-electron chi connectivity index (χ4n) is 4.95. The highest BCUT2D eigenvalue weighted by atomic mass is 31.2. The molecule has 0 aliphatic rings. The lowest BCUT2D eigenvalue weighted by Gasteiger charge is -2.25. The quantitative estimate of drug-likeness (QED) is 0.0311. The van der Waals surface area contributed by atoms with Gasteiger partial charge in [-0.25, -0.2) is 4.57 Å². The molecule has 0 aromatic rings. The molecule has 0 saturated heterocycles. The van der Waals surface area contributed by atoms with Gasteiger partial charge in [-0.2, -0.15) is 0 Å². The van der Waals surface area contributed by atoms with Crippen LogP contribution in [0.15, 0.2) is 48.6 Å². The molecule has 0 radical (unpaired) electrons. The third kappa shape index (κ3) is 31.1. The number of amides is 1. The Morgan fingerprint density at radius 2 is 1.26 bits per heavy atom. The summed E-state index contributed by atoms with van der Waals surface area (Å²) in [6.07, 6.45) is 38.4. The lowest BCUT2D eigenvalue weighted by molar-refractivity contribution is -0.123. The van der Waals surface area contributed by atoms with Gasteiger partial charge in [0.2, 0.25) is 5.91 Å². The van der Waals surface area contributed by atoms with Gasteiger partial charge in [-0.1, -0.05) is 140 Å². The maximum atomic E-state index is 12.7. The van der Waals surface area contributed by atoms with Gasteiger partial charge in [-0.15, -0.1) is 0 Å². The van der Waals surface area contributed by atoms with Crippen molar-refractivity contribution in [2.45, 2.75) is 161 Å². The van der Waals surface area contributed by atoms with Crippen molar-refractivity contribution in [2.24, 2.45) is 5.73 Å². The Bertz CT molecular complexity index is 861. The van der Waals surface area contributed by atoms with Crippen LogP contribution < -0.4 is 11.1 Å². The molecule has 0 aromatic heterocycles. The fraction of sp³-hybridized carbons (Fsp3) is 0.757. The van der Waals surface area contributed by atoms with Crippen molar-refractivity contribution in [2.75, 3.05) is 19.8 Å². The Morgan fingerprint density at radius 3 is 1.85 bits per heavy atom. The fourth-order valence-corrected chi connectivity index (χ4v) is 5.71. The third-order valence-electron chi connectivity index (χ3n) is 7.70. The average Bonchev–Trinajstić information content (AvgIpc) is 3.04. The van der Waals surface area contributed by atoms with Gasteiger partial charge in [0.15, 0.2) is 0 Å². The smallest absolute Gasteiger partial charge is 0.391 e. The van der Waals surface area contributed by atoms with Crippen LogP contribution in [-0.2, 0) is 18.4 Å². The first-order valence-corrected chi connectivity index (χ1v) is 19.7. The van der Waals surface area contributed by atoms with Crippen LogP contribution in [0, 0.1) is 0 Å². The van der Waals surface area contributed by atoms with Crippen LogP contribution in [0.1, 0.15) is 149 Å². The van der Waals surface area contributed by atoms with E-state index in [0.717, 1.165) is 77.0 Å². The van der Waals surface area contributed by atoms with Gasteiger partial charge in [0.05, 0.1) is 25.4 Å². The Labute approximate surface area is 282 Å². The zero-order valence-electron chi connectivity index (χ0n) is 29.3. The molecule has 1 amide bonds. The normalized spacial score (nSPS) is 15.0. The van der Waals surface area contributed by atoms with E-state index >= 15 is 0 Å². The van der Waals surface area contributed by atoms with Crippen molar-refractivity contribution in [3.63, 3.8) is 0 Å². The van der Waals surface area contributed by atoms with E-state index in [0.29, 0.717) is 12.8 Å². The standard InChI is InChI=1S/C37H69N2O6P/c1-3-5-7-9-11-13-14-15-16-17-18-19-20-21-22-23-25-27-29-31-37(41)39-35(34-45-46(42,43)44-33-32-38)36(40)30-28-26-24-12-10-8-6-4-2/h5,7,11,13,15-16,18-19,35-36,40H,3-4,6,8-10,12,14,17,20-34,38H2,1-2H3,(H,39,41)(H,42,43)/b7-5-,13-11-,16-15-,19-18-. The molecule has 0 bridgehead atoms. The number of aliphatic hydroxyl groups excluding tert-OH is 1. The molecule has 0 aliphatic heterocycles. The van der Waals surface area contributed by atoms with E-state index < -0.39 is 20.0 Å². The molecule has 46 heavy (non-hydrogen) atoms. The van der Waals surface area contributed by atoms with E-state index in [9.17, 15) is 19.4 Å². The Hall–Kier alpha value is -1.54. The predicted molar refractivity (Wildman–Crippen MR) is 194 cm³/mol. The molecular formula is C37H69N2O6P. The van der Waals surface area contributed by atoms with Gasteiger partial charge in [-0.3, -0.25) is 13.8 Å². The van der Waals surface area contributed by atoms with Gasteiger partial charge < -0.3 is 21.1 Å². The van der Waals surface area contributed by atoms with Gasteiger partial charge in [0, 0.05) is 13.0 Å². The number of nitrogens with one attached hydrogen (secondary N) is 1. The van der Waals surface area contributed by atoms with Crippen LogP contribution in [0.2, 0.25) is 0 Å². The van der Waals surface area contributed by atoms with Crippen molar-refractivity contribution in [1.29, 1.82) is 0 Å². The van der Waals surface area contributed by atoms with Crippen molar-refractivity contribution in [3.8, 4) is 0 Å². The van der Waals surface area contributed by atoms with E-state index in [2.05, 4.69) is 67.8 Å². The van der Waals surface area contributed by atoms with Crippen LogP contribution in [0.25, 0.3) is 0 Å². The average molecular weight is 669 g/mol. The molecule has 0 saturated carbocycles. The first kappa shape index (κ1) is 44.5. The number of carbonyl (C=O) groups is 1. The predicted octanol–water partition coefficient (Wildman–Crippen LogP) is 9.38. The maximum Gasteiger partial charge on any atom is 0.472 e. The number of carbonyl (C=O) groups excluding carboxylic acids is 1. The molecule has 0 spiro atoms. The van der Waals surface area contributed by atoms with Crippen molar-refractivity contribution in [1.82, 2.24) is 5.32 Å². The zero-order chi connectivity index (χ0) is 34.0. The summed E-state index contributed by atoms with van der Waals surface area (Å²) in [5.74, 6) is -0.182. The Kier molecular flexibility index (Phi) is 32.2.